The van der Waals surface area contributed by atoms with E-state index in [-0.39, 0.29) is 0 Å². The Balaban J connectivity index is 1.93. The molecule has 25 heavy (non-hydrogen) atoms. The summed E-state index contributed by atoms with van der Waals surface area (Å²) in [5, 5.41) is 0. The van der Waals surface area contributed by atoms with Crippen molar-refractivity contribution in [2.75, 3.05) is 19.0 Å². The van der Waals surface area contributed by atoms with Crippen molar-refractivity contribution in [2.45, 2.75) is 13.8 Å². The number of anilines is 1. The molecule has 3 nitrogen and oxygen atoms in total. The molecule has 0 bridgehead atoms. The summed E-state index contributed by atoms with van der Waals surface area (Å²) in [4.78, 5) is 6.74. The maximum Gasteiger partial charge on any atom is 0.0640 e. The summed E-state index contributed by atoms with van der Waals surface area (Å²) >= 11 is 2.31. The van der Waals surface area contributed by atoms with Crippen molar-refractivity contribution in [1.82, 2.24) is 4.57 Å². The molecule has 0 aliphatic carbocycles. The van der Waals surface area contributed by atoms with Gasteiger partial charge in [0.25, 0.3) is 0 Å². The molecule has 0 saturated heterocycles. The number of halogens is 1. The molecule has 0 fully saturated rings. The molecule has 128 valence electrons. The van der Waals surface area contributed by atoms with Crippen LogP contribution in [0.3, 0.4) is 0 Å². The molecule has 0 atom stereocenters. The maximum atomic E-state index is 4.63. The number of nitrogens with zero attached hydrogens (tertiary/aromatic N) is 3. The third-order valence-electron chi connectivity index (χ3n) is 4.26. The van der Waals surface area contributed by atoms with Crippen molar-refractivity contribution >= 4 is 40.2 Å². The molecule has 0 unspecified atom stereocenters. The van der Waals surface area contributed by atoms with E-state index in [9.17, 15) is 0 Å². The second-order valence-electron chi connectivity index (χ2n) is 6.31. The Bertz CT molecular complexity index is 905. The number of rotatable bonds is 4. The van der Waals surface area contributed by atoms with Gasteiger partial charge in [-0.15, -0.1) is 0 Å². The minimum atomic E-state index is 0.979. The molecule has 0 N–H and O–H groups in total. The molecule has 1 heterocycles. The first kappa shape index (κ1) is 17.7. The third-order valence-corrected chi connectivity index (χ3v) is 4.93. The third kappa shape index (κ3) is 3.95. The lowest BCUT2D eigenvalue weighted by Crippen LogP contribution is -2.08. The Morgan fingerprint density at radius 3 is 2.36 bits per heavy atom. The fourth-order valence-electron chi connectivity index (χ4n) is 2.92. The molecule has 0 aliphatic heterocycles. The molecule has 3 rings (SSSR count). The van der Waals surface area contributed by atoms with Gasteiger partial charge in [-0.1, -0.05) is 6.07 Å². The highest BCUT2D eigenvalue weighted by Crippen LogP contribution is 2.23. The lowest BCUT2D eigenvalue weighted by Gasteiger charge is -2.14. The number of aromatic nitrogens is 1. The second-order valence-corrected chi connectivity index (χ2v) is 7.56. The minimum absolute atomic E-state index is 0.979. The molecule has 0 aliphatic rings. The normalized spacial score (nSPS) is 11.2. The average molecular weight is 443 g/mol. The molecular formula is C21H22IN3. The topological polar surface area (TPSA) is 20.5 Å². The maximum absolute atomic E-state index is 4.63. The Hall–Kier alpha value is -2.08. The number of aliphatic imine (C=N–C) groups is 1. The van der Waals surface area contributed by atoms with Gasteiger partial charge in [0.1, 0.15) is 0 Å². The Kier molecular flexibility index (Phi) is 5.27. The Morgan fingerprint density at radius 2 is 1.72 bits per heavy atom. The van der Waals surface area contributed by atoms with Crippen molar-refractivity contribution in [3.05, 3.63) is 75.1 Å². The van der Waals surface area contributed by atoms with E-state index in [4.69, 9.17) is 0 Å². The van der Waals surface area contributed by atoms with Crippen molar-refractivity contribution in [3.63, 3.8) is 0 Å². The van der Waals surface area contributed by atoms with Crippen molar-refractivity contribution in [1.29, 1.82) is 0 Å². The van der Waals surface area contributed by atoms with Crippen LogP contribution in [0, 0.1) is 17.4 Å². The summed E-state index contributed by atoms with van der Waals surface area (Å²) in [6.07, 6.45) is 1.96. The van der Waals surface area contributed by atoms with Crippen molar-refractivity contribution in [2.24, 2.45) is 4.99 Å². The predicted molar refractivity (Wildman–Crippen MR) is 116 cm³/mol. The van der Waals surface area contributed by atoms with Gasteiger partial charge >= 0.3 is 0 Å². The molecule has 0 spiro atoms. The summed E-state index contributed by atoms with van der Waals surface area (Å²) < 4.78 is 3.47. The van der Waals surface area contributed by atoms with E-state index in [1.165, 1.54) is 26.3 Å². The van der Waals surface area contributed by atoms with Gasteiger partial charge in [-0.25, -0.2) is 0 Å². The number of hydrogen-bond acceptors (Lipinski definition) is 2. The summed E-state index contributed by atoms with van der Waals surface area (Å²) in [5.74, 6) is 0. The van der Waals surface area contributed by atoms with Gasteiger partial charge < -0.3 is 9.47 Å². The van der Waals surface area contributed by atoms with Crippen LogP contribution < -0.4 is 4.90 Å². The van der Waals surface area contributed by atoms with Gasteiger partial charge in [-0.3, -0.25) is 4.99 Å². The zero-order valence-corrected chi connectivity index (χ0v) is 17.2. The van der Waals surface area contributed by atoms with Crippen LogP contribution >= 0.6 is 22.6 Å². The number of hydrogen-bond donors (Lipinski definition) is 0. The fourth-order valence-corrected chi connectivity index (χ4v) is 3.44. The van der Waals surface area contributed by atoms with E-state index in [2.05, 4.69) is 107 Å². The zero-order chi connectivity index (χ0) is 18.0. The summed E-state index contributed by atoms with van der Waals surface area (Å²) in [7, 11) is 4.11. The molecule has 0 saturated carbocycles. The minimum Gasteiger partial charge on any atom is -0.378 e. The molecule has 1 aromatic heterocycles. The Labute approximate surface area is 163 Å². The van der Waals surface area contributed by atoms with Gasteiger partial charge in [0.15, 0.2) is 0 Å². The Morgan fingerprint density at radius 1 is 1.00 bits per heavy atom. The number of aryl methyl sites for hydroxylation is 1. The zero-order valence-electron chi connectivity index (χ0n) is 15.0. The predicted octanol–water partition coefficient (Wildman–Crippen LogP) is 5.52. The van der Waals surface area contributed by atoms with E-state index < -0.39 is 0 Å². The van der Waals surface area contributed by atoms with Gasteiger partial charge in [0.05, 0.1) is 5.69 Å². The van der Waals surface area contributed by atoms with Crippen molar-refractivity contribution in [3.8, 4) is 5.69 Å². The lowest BCUT2D eigenvalue weighted by atomic mass is 10.2. The van der Waals surface area contributed by atoms with Crippen LogP contribution in [0.2, 0.25) is 0 Å². The van der Waals surface area contributed by atoms with E-state index in [1.54, 1.807) is 0 Å². The van der Waals surface area contributed by atoms with E-state index in [0.29, 0.717) is 0 Å². The number of benzene rings is 2. The molecular weight excluding hydrogens is 421 g/mol. The average Bonchev–Trinajstić information content (AvgIpc) is 2.87. The largest absolute Gasteiger partial charge is 0.378 e. The van der Waals surface area contributed by atoms with Gasteiger partial charge in [-0.05, 0) is 85.0 Å². The van der Waals surface area contributed by atoms with E-state index in [0.717, 1.165) is 11.3 Å². The first-order valence-electron chi connectivity index (χ1n) is 8.22. The lowest BCUT2D eigenvalue weighted by molar-refractivity contribution is 0.963. The van der Waals surface area contributed by atoms with Crippen LogP contribution in [0.5, 0.6) is 0 Å². The van der Waals surface area contributed by atoms with Crippen LogP contribution in [0.1, 0.15) is 17.0 Å². The van der Waals surface area contributed by atoms with Gasteiger partial charge in [0.2, 0.25) is 0 Å². The van der Waals surface area contributed by atoms with Crippen LogP contribution in [0.15, 0.2) is 59.6 Å². The monoisotopic (exact) mass is 443 g/mol. The van der Waals surface area contributed by atoms with Crippen LogP contribution in [0.25, 0.3) is 5.69 Å². The van der Waals surface area contributed by atoms with E-state index in [1.807, 2.05) is 18.3 Å². The highest BCUT2D eigenvalue weighted by Gasteiger charge is 2.09. The standard InChI is InChI=1S/C21H22IN3/c1-15-12-17(14-23-19-7-5-6-18(22)13-19)16(2)25(15)21-10-8-20(9-11-21)24(3)4/h5-14H,1-4H3. The second kappa shape index (κ2) is 7.44. The SMILES string of the molecule is Cc1cc(C=Nc2cccc(I)c2)c(C)n1-c1ccc(N(C)C)cc1. The van der Waals surface area contributed by atoms with Gasteiger partial charge in [-0.2, -0.15) is 0 Å². The highest BCUT2D eigenvalue weighted by molar-refractivity contribution is 14.1. The summed E-state index contributed by atoms with van der Waals surface area (Å²) in [5.41, 5.74) is 6.91. The van der Waals surface area contributed by atoms with Crippen molar-refractivity contribution < 1.29 is 0 Å². The molecule has 2 aromatic carbocycles. The highest BCUT2D eigenvalue weighted by atomic mass is 127. The fraction of sp³-hybridized carbons (Fsp3) is 0.190. The first-order chi connectivity index (χ1) is 12.0. The van der Waals surface area contributed by atoms with Gasteiger partial charge in [0, 0.05) is 52.2 Å². The molecule has 0 radical (unpaired) electrons. The van der Waals surface area contributed by atoms with Crippen LogP contribution in [-0.2, 0) is 0 Å². The van der Waals surface area contributed by atoms with Crippen LogP contribution in [-0.4, -0.2) is 24.9 Å². The first-order valence-corrected chi connectivity index (χ1v) is 9.30. The molecule has 4 heteroatoms. The quantitative estimate of drug-likeness (QED) is 0.385. The molecule has 0 amide bonds. The summed E-state index contributed by atoms with van der Waals surface area (Å²) in [6.45, 7) is 4.28. The van der Waals surface area contributed by atoms with E-state index >= 15 is 0 Å². The summed E-state index contributed by atoms with van der Waals surface area (Å²) in [6, 6.07) is 19.0. The smallest absolute Gasteiger partial charge is 0.0640 e. The van der Waals surface area contributed by atoms with Crippen LogP contribution in [0.4, 0.5) is 11.4 Å². The molecule has 3 aromatic rings.